The Morgan fingerprint density at radius 3 is 2.50 bits per heavy atom. The smallest absolute Gasteiger partial charge is 0.309 e. The van der Waals surface area contributed by atoms with Crippen LogP contribution in [0.15, 0.2) is 42.5 Å². The summed E-state index contributed by atoms with van der Waals surface area (Å²) < 4.78 is 0. The van der Waals surface area contributed by atoms with Gasteiger partial charge in [0.15, 0.2) is 0 Å². The van der Waals surface area contributed by atoms with Crippen molar-refractivity contribution in [2.24, 2.45) is 5.41 Å². The van der Waals surface area contributed by atoms with Crippen molar-refractivity contribution < 1.29 is 9.90 Å². The van der Waals surface area contributed by atoms with Gasteiger partial charge in [-0.1, -0.05) is 49.4 Å². The van der Waals surface area contributed by atoms with E-state index in [1.807, 2.05) is 38.1 Å². The largest absolute Gasteiger partial charge is 0.481 e. The van der Waals surface area contributed by atoms with Crippen LogP contribution in [0.25, 0.3) is 10.8 Å². The predicted molar refractivity (Wildman–Crippen MR) is 73.7 cm³/mol. The number of hydrogen-bond acceptors (Lipinski definition) is 1. The minimum Gasteiger partial charge on any atom is -0.481 e. The molecule has 18 heavy (non-hydrogen) atoms. The summed E-state index contributed by atoms with van der Waals surface area (Å²) in [6.45, 7) is 3.75. The number of benzene rings is 2. The molecule has 1 unspecified atom stereocenters. The van der Waals surface area contributed by atoms with Crippen LogP contribution in [0.4, 0.5) is 0 Å². The molecule has 0 aromatic heterocycles. The maximum atomic E-state index is 11.4. The Hall–Kier alpha value is -1.83. The SMILES string of the molecule is CCC(C)(Cc1cccc2ccccc12)C(=O)O. The standard InChI is InChI=1S/C16H18O2/c1-3-16(2,15(17)18)11-13-9-6-8-12-7-4-5-10-14(12)13/h4-10H,3,11H2,1-2H3,(H,17,18). The molecule has 2 aromatic rings. The highest BCUT2D eigenvalue weighted by Crippen LogP contribution is 2.30. The zero-order valence-corrected chi connectivity index (χ0v) is 10.8. The van der Waals surface area contributed by atoms with Crippen LogP contribution in [0.5, 0.6) is 0 Å². The molecule has 0 aliphatic rings. The maximum absolute atomic E-state index is 11.4. The lowest BCUT2D eigenvalue weighted by molar-refractivity contribution is -0.148. The predicted octanol–water partition coefficient (Wildman–Crippen LogP) is 3.88. The number of carbonyl (C=O) groups is 1. The van der Waals surface area contributed by atoms with E-state index in [1.54, 1.807) is 0 Å². The van der Waals surface area contributed by atoms with E-state index in [1.165, 1.54) is 5.39 Å². The Balaban J connectivity index is 2.46. The highest BCUT2D eigenvalue weighted by molar-refractivity contribution is 5.86. The third-order valence-electron chi connectivity index (χ3n) is 3.76. The zero-order valence-electron chi connectivity index (χ0n) is 10.8. The first-order chi connectivity index (χ1) is 8.57. The molecule has 0 fully saturated rings. The Morgan fingerprint density at radius 1 is 1.17 bits per heavy atom. The molecule has 2 heteroatoms. The van der Waals surface area contributed by atoms with Gasteiger partial charge in [0.05, 0.1) is 5.41 Å². The van der Waals surface area contributed by atoms with Crippen molar-refractivity contribution >= 4 is 16.7 Å². The fourth-order valence-corrected chi connectivity index (χ4v) is 2.22. The monoisotopic (exact) mass is 242 g/mol. The first-order valence-corrected chi connectivity index (χ1v) is 6.27. The van der Waals surface area contributed by atoms with Gasteiger partial charge in [-0.2, -0.15) is 0 Å². The van der Waals surface area contributed by atoms with Crippen LogP contribution in [0.2, 0.25) is 0 Å². The molecular formula is C16H18O2. The minimum atomic E-state index is -0.724. The summed E-state index contributed by atoms with van der Waals surface area (Å²) >= 11 is 0. The molecule has 1 N–H and O–H groups in total. The molecule has 2 rings (SSSR count). The molecule has 0 spiro atoms. The van der Waals surface area contributed by atoms with E-state index in [2.05, 4.69) is 18.2 Å². The molecule has 0 bridgehead atoms. The van der Waals surface area contributed by atoms with Gasteiger partial charge in [-0.25, -0.2) is 0 Å². The van der Waals surface area contributed by atoms with E-state index >= 15 is 0 Å². The molecule has 0 aliphatic heterocycles. The summed E-state index contributed by atoms with van der Waals surface area (Å²) in [7, 11) is 0. The van der Waals surface area contributed by atoms with E-state index in [4.69, 9.17) is 0 Å². The maximum Gasteiger partial charge on any atom is 0.309 e. The second-order valence-electron chi connectivity index (χ2n) is 5.03. The average Bonchev–Trinajstić information content (AvgIpc) is 2.39. The molecule has 94 valence electrons. The van der Waals surface area contributed by atoms with E-state index < -0.39 is 11.4 Å². The third kappa shape index (κ3) is 2.23. The summed E-state index contributed by atoms with van der Waals surface area (Å²) in [5, 5.41) is 11.7. The number of aliphatic carboxylic acids is 1. The van der Waals surface area contributed by atoms with E-state index in [-0.39, 0.29) is 0 Å². The fourth-order valence-electron chi connectivity index (χ4n) is 2.22. The quantitative estimate of drug-likeness (QED) is 0.883. The number of rotatable bonds is 4. The van der Waals surface area contributed by atoms with Crippen LogP contribution in [-0.2, 0) is 11.2 Å². The van der Waals surface area contributed by atoms with Crippen molar-refractivity contribution in [1.82, 2.24) is 0 Å². The summed E-state index contributed by atoms with van der Waals surface area (Å²) in [5.74, 6) is -0.724. The van der Waals surface area contributed by atoms with Gasteiger partial charge in [0.25, 0.3) is 0 Å². The molecule has 0 saturated heterocycles. The number of fused-ring (bicyclic) bond motifs is 1. The van der Waals surface area contributed by atoms with Crippen molar-refractivity contribution in [2.75, 3.05) is 0 Å². The molecule has 0 amide bonds. The first-order valence-electron chi connectivity index (χ1n) is 6.27. The van der Waals surface area contributed by atoms with Gasteiger partial charge in [-0.3, -0.25) is 4.79 Å². The summed E-state index contributed by atoms with van der Waals surface area (Å²) in [5.41, 5.74) is 0.421. The molecular weight excluding hydrogens is 224 g/mol. The Labute approximate surface area is 107 Å². The van der Waals surface area contributed by atoms with Gasteiger partial charge >= 0.3 is 5.97 Å². The number of hydrogen-bond donors (Lipinski definition) is 1. The van der Waals surface area contributed by atoms with Gasteiger partial charge in [0.2, 0.25) is 0 Å². The van der Waals surface area contributed by atoms with Gasteiger partial charge in [-0.05, 0) is 36.1 Å². The summed E-state index contributed by atoms with van der Waals surface area (Å²) in [6.07, 6.45) is 1.20. The Morgan fingerprint density at radius 2 is 1.83 bits per heavy atom. The van der Waals surface area contributed by atoms with Crippen LogP contribution in [0.1, 0.15) is 25.8 Å². The van der Waals surface area contributed by atoms with Crippen LogP contribution in [0, 0.1) is 5.41 Å². The van der Waals surface area contributed by atoms with E-state index in [9.17, 15) is 9.90 Å². The van der Waals surface area contributed by atoms with Crippen molar-refractivity contribution in [3.8, 4) is 0 Å². The first kappa shape index (κ1) is 12.6. The lowest BCUT2D eigenvalue weighted by atomic mass is 9.80. The average molecular weight is 242 g/mol. The summed E-state index contributed by atoms with van der Waals surface area (Å²) in [4.78, 5) is 11.4. The summed E-state index contributed by atoms with van der Waals surface area (Å²) in [6, 6.07) is 14.2. The third-order valence-corrected chi connectivity index (χ3v) is 3.76. The van der Waals surface area contributed by atoms with E-state index in [0.717, 1.165) is 10.9 Å². The second-order valence-corrected chi connectivity index (χ2v) is 5.03. The number of carboxylic acids is 1. The van der Waals surface area contributed by atoms with Crippen molar-refractivity contribution in [1.29, 1.82) is 0 Å². The second kappa shape index (κ2) is 4.81. The van der Waals surface area contributed by atoms with Gasteiger partial charge in [0.1, 0.15) is 0 Å². The van der Waals surface area contributed by atoms with Crippen LogP contribution >= 0.6 is 0 Å². The van der Waals surface area contributed by atoms with Crippen molar-refractivity contribution in [2.45, 2.75) is 26.7 Å². The Kier molecular flexibility index (Phi) is 3.37. The van der Waals surface area contributed by atoms with Crippen LogP contribution in [-0.4, -0.2) is 11.1 Å². The highest BCUT2D eigenvalue weighted by atomic mass is 16.4. The zero-order chi connectivity index (χ0) is 13.2. The normalized spacial score (nSPS) is 14.3. The molecule has 0 heterocycles. The topological polar surface area (TPSA) is 37.3 Å². The molecule has 0 saturated carbocycles. The van der Waals surface area contributed by atoms with Gasteiger partial charge < -0.3 is 5.11 Å². The number of carboxylic acid groups (broad SMARTS) is 1. The minimum absolute atomic E-state index is 0.570. The Bertz CT molecular complexity index is 569. The molecule has 0 radical (unpaired) electrons. The fraction of sp³-hybridized carbons (Fsp3) is 0.312. The lowest BCUT2D eigenvalue weighted by Crippen LogP contribution is -2.29. The van der Waals surface area contributed by atoms with Crippen molar-refractivity contribution in [3.63, 3.8) is 0 Å². The van der Waals surface area contributed by atoms with Gasteiger partial charge in [-0.15, -0.1) is 0 Å². The van der Waals surface area contributed by atoms with Crippen molar-refractivity contribution in [3.05, 3.63) is 48.0 Å². The van der Waals surface area contributed by atoms with Crippen LogP contribution in [0.3, 0.4) is 0 Å². The van der Waals surface area contributed by atoms with Crippen LogP contribution < -0.4 is 0 Å². The lowest BCUT2D eigenvalue weighted by Gasteiger charge is -2.23. The highest BCUT2D eigenvalue weighted by Gasteiger charge is 2.31. The molecule has 0 aliphatic carbocycles. The molecule has 2 aromatic carbocycles. The molecule has 2 nitrogen and oxygen atoms in total. The molecule has 1 atom stereocenters. The van der Waals surface area contributed by atoms with Gasteiger partial charge in [0, 0.05) is 0 Å². The van der Waals surface area contributed by atoms with E-state index in [0.29, 0.717) is 12.8 Å².